The molecule has 1 fully saturated rings. The van der Waals surface area contributed by atoms with Crippen molar-refractivity contribution in [3.05, 3.63) is 35.3 Å². The van der Waals surface area contributed by atoms with Gasteiger partial charge in [-0.2, -0.15) is 0 Å². The third-order valence-electron chi connectivity index (χ3n) is 4.76. The van der Waals surface area contributed by atoms with E-state index in [1.807, 2.05) is 41.6 Å². The molecule has 0 aliphatic carbocycles. The maximum Gasteiger partial charge on any atom is 0.273 e. The monoisotopic (exact) mass is 359 g/mol. The number of nitrogens with one attached hydrogen (secondary N) is 1. The molecule has 1 aromatic heterocycles. The molecule has 25 heavy (non-hydrogen) atoms. The van der Waals surface area contributed by atoms with Gasteiger partial charge < -0.3 is 15.0 Å². The Balaban J connectivity index is 1.61. The first-order valence-corrected chi connectivity index (χ1v) is 9.63. The fourth-order valence-electron chi connectivity index (χ4n) is 3.17. The first kappa shape index (κ1) is 17.9. The zero-order chi connectivity index (χ0) is 17.6. The molecule has 2 aromatic rings. The van der Waals surface area contributed by atoms with Crippen molar-refractivity contribution in [1.82, 2.24) is 15.2 Å². The maximum atomic E-state index is 12.7. The van der Waals surface area contributed by atoms with Crippen LogP contribution in [-0.2, 0) is 0 Å². The zero-order valence-corrected chi connectivity index (χ0v) is 15.6. The number of likely N-dealkylation sites (tertiary alicyclic amines) is 1. The highest BCUT2D eigenvalue weighted by atomic mass is 32.1. The van der Waals surface area contributed by atoms with Crippen LogP contribution in [0.5, 0.6) is 5.75 Å². The van der Waals surface area contributed by atoms with Crippen molar-refractivity contribution >= 4 is 17.2 Å². The van der Waals surface area contributed by atoms with Gasteiger partial charge >= 0.3 is 0 Å². The summed E-state index contributed by atoms with van der Waals surface area (Å²) in [5, 5.41) is 5.94. The quantitative estimate of drug-likeness (QED) is 0.860. The number of nitrogens with zero attached hydrogens (tertiary/aromatic N) is 2. The van der Waals surface area contributed by atoms with E-state index in [1.165, 1.54) is 17.8 Å². The average molecular weight is 359 g/mol. The Kier molecular flexibility index (Phi) is 6.04. The fourth-order valence-corrected chi connectivity index (χ4v) is 3.97. The number of rotatable bonds is 6. The summed E-state index contributed by atoms with van der Waals surface area (Å²) in [6, 6.07) is 7.76. The van der Waals surface area contributed by atoms with Crippen LogP contribution in [0.15, 0.2) is 29.6 Å². The van der Waals surface area contributed by atoms with Crippen molar-refractivity contribution in [2.24, 2.45) is 5.92 Å². The van der Waals surface area contributed by atoms with Crippen molar-refractivity contribution < 1.29 is 9.53 Å². The van der Waals surface area contributed by atoms with E-state index in [1.54, 1.807) is 7.11 Å². The molecule has 6 heteroatoms. The predicted molar refractivity (Wildman–Crippen MR) is 101 cm³/mol. The molecular weight excluding hydrogens is 334 g/mol. The van der Waals surface area contributed by atoms with Crippen molar-refractivity contribution in [2.45, 2.75) is 19.3 Å². The number of ether oxygens (including phenoxy) is 1. The number of hydrogen-bond acceptors (Lipinski definition) is 5. The summed E-state index contributed by atoms with van der Waals surface area (Å²) in [4.78, 5) is 19.2. The minimum absolute atomic E-state index is 0.0584. The lowest BCUT2D eigenvalue weighted by Crippen LogP contribution is -2.39. The van der Waals surface area contributed by atoms with Crippen LogP contribution in [0.4, 0.5) is 0 Å². The van der Waals surface area contributed by atoms with E-state index in [0.29, 0.717) is 5.69 Å². The Bertz CT molecular complexity index is 691. The average Bonchev–Trinajstić information content (AvgIpc) is 3.16. The van der Waals surface area contributed by atoms with E-state index in [2.05, 4.69) is 10.3 Å². The first-order valence-electron chi connectivity index (χ1n) is 8.75. The van der Waals surface area contributed by atoms with Gasteiger partial charge in [-0.05, 0) is 63.0 Å². The third-order valence-corrected chi connectivity index (χ3v) is 5.66. The second kappa shape index (κ2) is 8.45. The Morgan fingerprint density at radius 2 is 2.04 bits per heavy atom. The van der Waals surface area contributed by atoms with Gasteiger partial charge in [0.25, 0.3) is 5.91 Å². The second-order valence-electron chi connectivity index (χ2n) is 6.39. The number of piperidine rings is 1. The molecule has 0 unspecified atom stereocenters. The molecule has 3 rings (SSSR count). The van der Waals surface area contributed by atoms with Gasteiger partial charge in [-0.25, -0.2) is 4.98 Å². The lowest BCUT2D eigenvalue weighted by Gasteiger charge is -2.31. The highest BCUT2D eigenvalue weighted by Crippen LogP contribution is 2.27. The van der Waals surface area contributed by atoms with Gasteiger partial charge in [-0.1, -0.05) is 0 Å². The Morgan fingerprint density at radius 3 is 2.68 bits per heavy atom. The SMILES string of the molecule is CNCCC1CCN(C(=O)c2csc(-c3ccc(OC)cc3)n2)CC1. The Hall–Kier alpha value is -1.92. The zero-order valence-electron chi connectivity index (χ0n) is 14.8. The van der Waals surface area contributed by atoms with Gasteiger partial charge in [0.1, 0.15) is 16.5 Å². The molecular formula is C19H25N3O2S. The molecule has 1 amide bonds. The number of thiazole rings is 1. The predicted octanol–water partition coefficient (Wildman–Crippen LogP) is 3.28. The highest BCUT2D eigenvalue weighted by Gasteiger charge is 2.25. The molecule has 1 N–H and O–H groups in total. The molecule has 0 atom stereocenters. The van der Waals surface area contributed by atoms with Crippen LogP contribution in [0.25, 0.3) is 10.6 Å². The molecule has 2 heterocycles. The van der Waals surface area contributed by atoms with Crippen molar-refractivity contribution in [3.8, 4) is 16.3 Å². The first-order chi connectivity index (χ1) is 12.2. The van der Waals surface area contributed by atoms with Crippen LogP contribution in [-0.4, -0.2) is 49.6 Å². The summed E-state index contributed by atoms with van der Waals surface area (Å²) >= 11 is 1.51. The third kappa shape index (κ3) is 4.38. The molecule has 1 aliphatic rings. The Labute approximate surface area is 153 Å². The lowest BCUT2D eigenvalue weighted by molar-refractivity contribution is 0.0682. The van der Waals surface area contributed by atoms with E-state index in [0.717, 1.165) is 54.7 Å². The van der Waals surface area contributed by atoms with Crippen molar-refractivity contribution in [1.29, 1.82) is 0 Å². The maximum absolute atomic E-state index is 12.7. The number of methoxy groups -OCH3 is 1. The summed E-state index contributed by atoms with van der Waals surface area (Å²) in [5.41, 5.74) is 1.57. The normalized spacial score (nSPS) is 15.4. The largest absolute Gasteiger partial charge is 0.497 e. The fraction of sp³-hybridized carbons (Fsp3) is 0.474. The minimum Gasteiger partial charge on any atom is -0.497 e. The van der Waals surface area contributed by atoms with Gasteiger partial charge in [0, 0.05) is 24.0 Å². The highest BCUT2D eigenvalue weighted by molar-refractivity contribution is 7.13. The van der Waals surface area contributed by atoms with Gasteiger partial charge in [-0.15, -0.1) is 11.3 Å². The molecule has 1 aliphatic heterocycles. The van der Waals surface area contributed by atoms with Gasteiger partial charge in [0.05, 0.1) is 7.11 Å². The Morgan fingerprint density at radius 1 is 1.32 bits per heavy atom. The van der Waals surface area contributed by atoms with E-state index in [4.69, 9.17) is 4.74 Å². The van der Waals surface area contributed by atoms with E-state index in [9.17, 15) is 4.79 Å². The molecule has 134 valence electrons. The van der Waals surface area contributed by atoms with E-state index in [-0.39, 0.29) is 5.91 Å². The van der Waals surface area contributed by atoms with Crippen LogP contribution in [0.3, 0.4) is 0 Å². The molecule has 0 radical (unpaired) electrons. The number of hydrogen-bond donors (Lipinski definition) is 1. The topological polar surface area (TPSA) is 54.5 Å². The number of carbonyl (C=O) groups is 1. The van der Waals surface area contributed by atoms with E-state index >= 15 is 0 Å². The van der Waals surface area contributed by atoms with Gasteiger partial charge in [0.2, 0.25) is 0 Å². The van der Waals surface area contributed by atoms with Crippen molar-refractivity contribution in [2.75, 3.05) is 33.8 Å². The molecule has 1 saturated heterocycles. The number of benzene rings is 1. The van der Waals surface area contributed by atoms with Crippen LogP contribution in [0.2, 0.25) is 0 Å². The second-order valence-corrected chi connectivity index (χ2v) is 7.25. The summed E-state index contributed by atoms with van der Waals surface area (Å²) in [7, 11) is 3.64. The van der Waals surface area contributed by atoms with E-state index < -0.39 is 0 Å². The number of aromatic nitrogens is 1. The summed E-state index contributed by atoms with van der Waals surface area (Å²) < 4.78 is 5.18. The van der Waals surface area contributed by atoms with Crippen LogP contribution >= 0.6 is 11.3 Å². The van der Waals surface area contributed by atoms with Crippen LogP contribution in [0, 0.1) is 5.92 Å². The van der Waals surface area contributed by atoms with Gasteiger partial charge in [-0.3, -0.25) is 4.79 Å². The van der Waals surface area contributed by atoms with Crippen LogP contribution < -0.4 is 10.1 Å². The van der Waals surface area contributed by atoms with Crippen LogP contribution in [0.1, 0.15) is 29.8 Å². The lowest BCUT2D eigenvalue weighted by atomic mass is 9.93. The van der Waals surface area contributed by atoms with Gasteiger partial charge in [0.15, 0.2) is 0 Å². The molecule has 0 saturated carbocycles. The van der Waals surface area contributed by atoms with Crippen molar-refractivity contribution in [3.63, 3.8) is 0 Å². The summed E-state index contributed by atoms with van der Waals surface area (Å²) in [5.74, 6) is 1.60. The minimum atomic E-state index is 0.0584. The summed E-state index contributed by atoms with van der Waals surface area (Å²) in [6.07, 6.45) is 3.36. The molecule has 1 aromatic carbocycles. The number of amides is 1. The molecule has 5 nitrogen and oxygen atoms in total. The number of carbonyl (C=O) groups excluding carboxylic acids is 1. The smallest absolute Gasteiger partial charge is 0.273 e. The summed E-state index contributed by atoms with van der Waals surface area (Å²) in [6.45, 7) is 2.72. The molecule has 0 bridgehead atoms. The molecule has 0 spiro atoms. The standard InChI is InChI=1S/C19H25N3O2S/c1-20-10-7-14-8-11-22(12-9-14)19(23)17-13-25-18(21-17)15-3-5-16(24-2)6-4-15/h3-6,13-14,20H,7-12H2,1-2H3.